The average Bonchev–Trinajstić information content (AvgIpc) is 3.41. The number of aliphatic imine (C=N–C) groups is 2. The second-order valence-electron chi connectivity index (χ2n) is 15.7. The van der Waals surface area contributed by atoms with Crippen LogP contribution in [0.3, 0.4) is 0 Å². The highest BCUT2D eigenvalue weighted by atomic mass is 35.5. The van der Waals surface area contributed by atoms with E-state index in [-0.39, 0.29) is 30.0 Å². The predicted octanol–water partition coefficient (Wildman–Crippen LogP) is 3.09. The first-order valence-corrected chi connectivity index (χ1v) is 24.0. The van der Waals surface area contributed by atoms with E-state index in [2.05, 4.69) is 78.0 Å². The number of aliphatic hydroxyl groups is 1. The first-order valence-electron chi connectivity index (χ1n) is 23.6. The van der Waals surface area contributed by atoms with Crippen molar-refractivity contribution in [3.8, 4) is 0 Å². The first kappa shape index (κ1) is 64.6. The molecule has 2 unspecified atom stereocenters. The summed E-state index contributed by atoms with van der Waals surface area (Å²) in [7, 11) is 10.4. The lowest BCUT2D eigenvalue weighted by Crippen LogP contribution is -2.44. The van der Waals surface area contributed by atoms with E-state index in [1.165, 1.54) is 18.9 Å². The third-order valence-corrected chi connectivity index (χ3v) is 10.8. The second kappa shape index (κ2) is 40.1. The Morgan fingerprint density at radius 2 is 1.49 bits per heavy atom. The van der Waals surface area contributed by atoms with Crippen LogP contribution in [0.5, 0.6) is 0 Å². The van der Waals surface area contributed by atoms with Crippen molar-refractivity contribution in [3.05, 3.63) is 94.7 Å². The average molecular weight is 1040 g/mol. The van der Waals surface area contributed by atoms with Gasteiger partial charge in [-0.1, -0.05) is 23.7 Å². The Morgan fingerprint density at radius 1 is 0.863 bits per heavy atom. The molecule has 1 saturated heterocycles. The van der Waals surface area contributed by atoms with E-state index in [1.807, 2.05) is 42.3 Å². The van der Waals surface area contributed by atoms with E-state index in [9.17, 15) is 33.9 Å². The molecule has 1 aliphatic heterocycles. The molecule has 0 aliphatic carbocycles. The van der Waals surface area contributed by atoms with Crippen molar-refractivity contribution >= 4 is 84.0 Å². The standard InChI is InChI=1S/C23H27ClN6O.C16H23N3O3.C11H21NO6.CH5N/c1-25-16-20(24)22(28-21-7-5-4-6-19(21)23(31)26-2)27-17-8-10-18(11-9-17)30-14-12-29(3)13-15-30;1-17-14-7-6-12(11-21)13(9-14)10-19(3)15(5-4-8-20)16(22)18-2;13-2-1-3-16-4-5-17-6-7-18-9-11(15)8-12-10-14;1-2/h4-11,16H,1,12-15H2,2-3H3,(H,26,31)(H,27,28);6-9,11,15,17H,4-5,10H2,1-3H3,(H,18,22);2,10-11,15H,1,3-9H2,(H,12,14);2H2,1H3/b20-16+;;;. The molecule has 2 atom stereocenters. The highest BCUT2D eigenvalue weighted by Crippen LogP contribution is 2.24. The van der Waals surface area contributed by atoms with Crippen LogP contribution in [0.25, 0.3) is 0 Å². The summed E-state index contributed by atoms with van der Waals surface area (Å²) in [6.07, 6.45) is 4.81. The fourth-order valence-electron chi connectivity index (χ4n) is 6.63. The molecule has 0 spiro atoms. The minimum atomic E-state index is -0.707. The molecule has 22 heteroatoms. The number of hydrogen-bond donors (Lipinski definition) is 7. The number of rotatable bonds is 29. The number of halogens is 1. The largest absolute Gasteiger partial charge is 0.389 e. The summed E-state index contributed by atoms with van der Waals surface area (Å²) in [5, 5.41) is 23.4. The van der Waals surface area contributed by atoms with Gasteiger partial charge in [0.05, 0.1) is 63.0 Å². The molecule has 3 amide bonds. The number of ether oxygens (including phenoxy) is 3. The molecule has 0 saturated carbocycles. The number of aliphatic hydroxyl groups excluding tert-OH is 1. The molecule has 21 nitrogen and oxygen atoms in total. The zero-order chi connectivity index (χ0) is 54.2. The summed E-state index contributed by atoms with van der Waals surface area (Å²) in [6, 6.07) is 20.3. The quantitative estimate of drug-likeness (QED) is 0.0228. The highest BCUT2D eigenvalue weighted by Gasteiger charge is 2.23. The van der Waals surface area contributed by atoms with Gasteiger partial charge in [0.25, 0.3) is 5.91 Å². The fourth-order valence-corrected chi connectivity index (χ4v) is 6.79. The number of hydrogen-bond acceptors (Lipinski definition) is 17. The topological polar surface area (TPSA) is 271 Å². The number of amides is 3. The van der Waals surface area contributed by atoms with Gasteiger partial charge in [-0.15, -0.1) is 0 Å². The van der Waals surface area contributed by atoms with Gasteiger partial charge in [0.15, 0.2) is 5.84 Å². The molecule has 3 aromatic carbocycles. The lowest BCUT2D eigenvalue weighted by atomic mass is 10.0. The van der Waals surface area contributed by atoms with Crippen molar-refractivity contribution in [2.75, 3.05) is 130 Å². The number of carbonyl (C=O) groups is 6. The van der Waals surface area contributed by atoms with E-state index in [4.69, 9.17) is 25.8 Å². The van der Waals surface area contributed by atoms with Gasteiger partial charge < -0.3 is 71.0 Å². The van der Waals surface area contributed by atoms with E-state index >= 15 is 0 Å². The van der Waals surface area contributed by atoms with Gasteiger partial charge in [-0.25, -0.2) is 4.99 Å². The number of piperazine rings is 1. The van der Waals surface area contributed by atoms with Gasteiger partial charge in [0.2, 0.25) is 12.3 Å². The normalized spacial score (nSPS) is 13.2. The smallest absolute Gasteiger partial charge is 0.253 e. The zero-order valence-corrected chi connectivity index (χ0v) is 43.8. The van der Waals surface area contributed by atoms with Gasteiger partial charge >= 0.3 is 0 Å². The number of anilines is 3. The maximum absolute atomic E-state index is 12.2. The Hall–Kier alpha value is -6.43. The first-order chi connectivity index (χ1) is 35.4. The van der Waals surface area contributed by atoms with E-state index < -0.39 is 12.1 Å². The number of nitrogens with zero attached hydrogens (tertiary/aromatic N) is 5. The van der Waals surface area contributed by atoms with Gasteiger partial charge in [0.1, 0.15) is 23.9 Å². The third kappa shape index (κ3) is 26.2. The third-order valence-electron chi connectivity index (χ3n) is 10.5. The van der Waals surface area contributed by atoms with Crippen LogP contribution in [0.2, 0.25) is 0 Å². The molecule has 402 valence electrons. The molecule has 1 fully saturated rings. The van der Waals surface area contributed by atoms with E-state index in [0.29, 0.717) is 87.9 Å². The highest BCUT2D eigenvalue weighted by molar-refractivity contribution is 6.45. The van der Waals surface area contributed by atoms with Crippen LogP contribution in [-0.4, -0.2) is 191 Å². The number of nitrogens with one attached hydrogen (secondary N) is 5. The number of carbonyl (C=O) groups excluding carboxylic acids is 6. The van der Waals surface area contributed by atoms with Gasteiger partial charge in [-0.05, 0) is 94.4 Å². The van der Waals surface area contributed by atoms with Crippen LogP contribution in [0.15, 0.2) is 87.9 Å². The van der Waals surface area contributed by atoms with Gasteiger partial charge in [0, 0.05) is 102 Å². The maximum atomic E-state index is 12.2. The molecule has 1 heterocycles. The van der Waals surface area contributed by atoms with Crippen molar-refractivity contribution in [2.45, 2.75) is 38.0 Å². The van der Waals surface area contributed by atoms with Crippen LogP contribution < -0.4 is 37.2 Å². The summed E-state index contributed by atoms with van der Waals surface area (Å²) < 4.78 is 15.4. The summed E-state index contributed by atoms with van der Waals surface area (Å²) >= 11 is 6.40. The number of benzene rings is 3. The molecule has 73 heavy (non-hydrogen) atoms. The van der Waals surface area contributed by atoms with Crippen molar-refractivity contribution in [1.29, 1.82) is 0 Å². The summed E-state index contributed by atoms with van der Waals surface area (Å²) in [5.74, 6) is 0.0109. The molecule has 0 bridgehead atoms. The second-order valence-corrected chi connectivity index (χ2v) is 16.1. The molecule has 1 aliphatic rings. The molecule has 3 aromatic rings. The molecular weight excluding hydrogens is 962 g/mol. The molecule has 0 aromatic heterocycles. The minimum Gasteiger partial charge on any atom is -0.389 e. The number of likely N-dealkylation sites (N-methyl/N-ethyl adjacent to an activating group) is 3. The van der Waals surface area contributed by atoms with Gasteiger partial charge in [-0.3, -0.25) is 29.1 Å². The zero-order valence-electron chi connectivity index (χ0n) is 43.0. The summed E-state index contributed by atoms with van der Waals surface area (Å²) in [6.45, 7) is 10.4. The number of para-hydroxylation sites is 1. The molecular formula is C51H76ClN11O10. The van der Waals surface area contributed by atoms with Crippen LogP contribution in [-0.2, 0) is 39.9 Å². The maximum Gasteiger partial charge on any atom is 0.253 e. The Bertz CT molecular complexity index is 2140. The Morgan fingerprint density at radius 3 is 2.08 bits per heavy atom. The van der Waals surface area contributed by atoms with Crippen LogP contribution in [0.4, 0.5) is 22.7 Å². The van der Waals surface area contributed by atoms with Crippen molar-refractivity contribution in [2.24, 2.45) is 15.7 Å². The Balaban J connectivity index is 0.000000562. The monoisotopic (exact) mass is 1040 g/mol. The Labute approximate surface area is 434 Å². The lowest BCUT2D eigenvalue weighted by molar-refractivity contribution is -0.126. The molecule has 0 radical (unpaired) electrons. The van der Waals surface area contributed by atoms with Gasteiger partial charge in [-0.2, -0.15) is 0 Å². The van der Waals surface area contributed by atoms with Crippen molar-refractivity contribution in [1.82, 2.24) is 25.8 Å². The molecule has 4 rings (SSSR count). The van der Waals surface area contributed by atoms with E-state index in [1.54, 1.807) is 45.4 Å². The lowest BCUT2D eigenvalue weighted by Gasteiger charge is -2.34. The summed E-state index contributed by atoms with van der Waals surface area (Å²) in [5.41, 5.74) is 9.78. The van der Waals surface area contributed by atoms with Crippen LogP contribution >= 0.6 is 11.6 Å². The summed E-state index contributed by atoms with van der Waals surface area (Å²) in [4.78, 5) is 80.7. The Kier molecular flexibility index (Phi) is 35.5. The number of aldehydes is 3. The van der Waals surface area contributed by atoms with E-state index in [0.717, 1.165) is 62.0 Å². The number of nitrogens with two attached hydrogens (primary N) is 1. The SMILES string of the molecule is C=N/C=C(/Cl)C(=Nc1ccccc1C(=O)NC)Nc1ccc(N2CCN(C)CC2)cc1.CN.CNC(=O)C(CCC=O)N(C)Cc1cc(NC)ccc1C=O.O=CCCOCCOCCOCC(O)CNC=O. The van der Waals surface area contributed by atoms with Crippen LogP contribution in [0.1, 0.15) is 45.5 Å². The molecule has 8 N–H and O–H groups in total. The minimum absolute atomic E-state index is 0.137. The van der Waals surface area contributed by atoms with Crippen LogP contribution in [0, 0.1) is 0 Å². The predicted molar refractivity (Wildman–Crippen MR) is 290 cm³/mol. The van der Waals surface area contributed by atoms with Crippen molar-refractivity contribution in [3.63, 3.8) is 0 Å². The fraction of sp³-hybridized carbons (Fsp3) is 0.451. The number of amidine groups is 1. The van der Waals surface area contributed by atoms with Crippen molar-refractivity contribution < 1.29 is 48.1 Å².